The Morgan fingerprint density at radius 3 is 2.61 bits per heavy atom. The van der Waals surface area contributed by atoms with Crippen molar-refractivity contribution in [2.45, 2.75) is 57.2 Å². The number of carbonyl (C=O) groups excluding carboxylic acids is 1. The van der Waals surface area contributed by atoms with Gasteiger partial charge in [-0.3, -0.25) is 14.6 Å². The monoisotopic (exact) mass is 486 g/mol. The van der Waals surface area contributed by atoms with Gasteiger partial charge in [0.25, 0.3) is 5.91 Å². The molecule has 0 spiro atoms. The lowest BCUT2D eigenvalue weighted by Gasteiger charge is -2.44. The van der Waals surface area contributed by atoms with E-state index in [0.29, 0.717) is 0 Å². The van der Waals surface area contributed by atoms with Crippen LogP contribution in [0.4, 0.5) is 0 Å². The highest BCUT2D eigenvalue weighted by Crippen LogP contribution is 2.30. The zero-order valence-electron chi connectivity index (χ0n) is 21.4. The Morgan fingerprint density at radius 2 is 1.94 bits per heavy atom. The number of piperazine rings is 1. The maximum absolute atomic E-state index is 11.9. The quantitative estimate of drug-likeness (QED) is 0.583. The summed E-state index contributed by atoms with van der Waals surface area (Å²) in [5, 5.41) is 11.7. The highest BCUT2D eigenvalue weighted by molar-refractivity contribution is 5.96. The van der Waals surface area contributed by atoms with E-state index < -0.39 is 0 Å². The molecule has 1 aromatic carbocycles. The number of hydrogen-bond donors (Lipinski definition) is 1. The molecule has 5 rings (SSSR count). The second kappa shape index (κ2) is 11.8. The number of carbonyl (C=O) groups is 1. The van der Waals surface area contributed by atoms with Crippen molar-refractivity contribution in [2.24, 2.45) is 0 Å². The van der Waals surface area contributed by atoms with Crippen LogP contribution in [0.1, 0.15) is 56.0 Å². The topological polar surface area (TPSA) is 66.3 Å². The number of benzene rings is 1. The van der Waals surface area contributed by atoms with E-state index in [1.165, 1.54) is 30.4 Å². The minimum absolute atomic E-state index is 0.0239. The molecule has 0 radical (unpaired) electrons. The molecule has 2 aliphatic carbocycles. The summed E-state index contributed by atoms with van der Waals surface area (Å²) < 4.78 is 2.23. The SMILES string of the molecule is CNC(=O)C1=CCC(=CCCC(c2nncn2Cc2ccccc2)N2CCN(C3CCC3)CC2)C=C1. The van der Waals surface area contributed by atoms with Crippen LogP contribution in [0.3, 0.4) is 0 Å². The minimum atomic E-state index is -0.0239. The van der Waals surface area contributed by atoms with Gasteiger partial charge in [0.2, 0.25) is 0 Å². The summed E-state index contributed by atoms with van der Waals surface area (Å²) in [6.45, 7) is 5.23. The van der Waals surface area contributed by atoms with Crippen molar-refractivity contribution < 1.29 is 4.79 Å². The first-order chi connectivity index (χ1) is 17.7. The Hall–Kier alpha value is -3.03. The number of hydrogen-bond acceptors (Lipinski definition) is 5. The lowest BCUT2D eigenvalue weighted by atomic mass is 9.91. The largest absolute Gasteiger partial charge is 0.355 e. The molecule has 1 saturated carbocycles. The second-order valence-electron chi connectivity index (χ2n) is 10.1. The highest BCUT2D eigenvalue weighted by Gasteiger charge is 2.32. The maximum atomic E-state index is 11.9. The van der Waals surface area contributed by atoms with E-state index in [9.17, 15) is 4.79 Å². The summed E-state index contributed by atoms with van der Waals surface area (Å²) in [7, 11) is 1.67. The standard InChI is InChI=1S/C29H38N6O/c1-30-29(36)25-15-13-23(14-16-25)9-5-12-27(34-19-17-33(18-20-34)26-10-6-11-26)28-32-31-22-35(28)21-24-7-3-2-4-8-24/h2-4,7-9,13,15-16,22,26-27H,5-6,10-12,14,17-21H2,1H3,(H,30,36). The molecule has 2 aromatic rings. The number of rotatable bonds is 9. The predicted octanol–water partition coefficient (Wildman–Crippen LogP) is 3.88. The van der Waals surface area contributed by atoms with Gasteiger partial charge in [0.05, 0.1) is 12.6 Å². The molecule has 1 aliphatic heterocycles. The Kier molecular flexibility index (Phi) is 8.08. The van der Waals surface area contributed by atoms with Crippen LogP contribution in [0, 0.1) is 0 Å². The van der Waals surface area contributed by atoms with Crippen molar-refractivity contribution in [3.8, 4) is 0 Å². The van der Waals surface area contributed by atoms with Gasteiger partial charge in [-0.05, 0) is 49.3 Å². The Bertz CT molecular complexity index is 1110. The first kappa shape index (κ1) is 24.7. The number of likely N-dealkylation sites (N-methyl/N-ethyl adjacent to an activating group) is 1. The number of nitrogens with zero attached hydrogens (tertiary/aromatic N) is 5. The van der Waals surface area contributed by atoms with Gasteiger partial charge in [-0.1, -0.05) is 55.0 Å². The van der Waals surface area contributed by atoms with E-state index in [1.807, 2.05) is 18.5 Å². The van der Waals surface area contributed by atoms with Crippen LogP contribution in [0.5, 0.6) is 0 Å². The van der Waals surface area contributed by atoms with Gasteiger partial charge in [-0.15, -0.1) is 10.2 Å². The smallest absolute Gasteiger partial charge is 0.250 e. The number of amides is 1. The van der Waals surface area contributed by atoms with Crippen molar-refractivity contribution in [2.75, 3.05) is 33.2 Å². The first-order valence-electron chi connectivity index (χ1n) is 13.4. The normalized spacial score (nSPS) is 21.2. The van der Waals surface area contributed by atoms with Crippen molar-refractivity contribution in [1.29, 1.82) is 0 Å². The molecule has 1 atom stereocenters. The van der Waals surface area contributed by atoms with Gasteiger partial charge in [-0.2, -0.15) is 0 Å². The van der Waals surface area contributed by atoms with E-state index in [0.717, 1.165) is 69.4 Å². The summed E-state index contributed by atoms with van der Waals surface area (Å²) in [6, 6.07) is 11.6. The number of aromatic nitrogens is 3. The van der Waals surface area contributed by atoms with Gasteiger partial charge >= 0.3 is 0 Å². The van der Waals surface area contributed by atoms with Crippen LogP contribution < -0.4 is 5.32 Å². The average Bonchev–Trinajstić information content (AvgIpc) is 3.34. The van der Waals surface area contributed by atoms with Crippen molar-refractivity contribution in [1.82, 2.24) is 29.9 Å². The maximum Gasteiger partial charge on any atom is 0.250 e. The Morgan fingerprint density at radius 1 is 1.14 bits per heavy atom. The fourth-order valence-corrected chi connectivity index (χ4v) is 5.52. The molecule has 3 aliphatic rings. The predicted molar refractivity (Wildman–Crippen MR) is 142 cm³/mol. The lowest BCUT2D eigenvalue weighted by molar-refractivity contribution is -0.116. The molecular formula is C29H38N6O. The minimum Gasteiger partial charge on any atom is -0.355 e. The van der Waals surface area contributed by atoms with Gasteiger partial charge in [0.15, 0.2) is 5.82 Å². The molecule has 1 N–H and O–H groups in total. The van der Waals surface area contributed by atoms with Crippen LogP contribution in [0.25, 0.3) is 0 Å². The van der Waals surface area contributed by atoms with Crippen LogP contribution >= 0.6 is 0 Å². The van der Waals surface area contributed by atoms with E-state index >= 15 is 0 Å². The summed E-state index contributed by atoms with van der Waals surface area (Å²) in [4.78, 5) is 17.2. The third-order valence-corrected chi connectivity index (χ3v) is 7.89. The molecule has 7 nitrogen and oxygen atoms in total. The molecule has 7 heteroatoms. The molecule has 36 heavy (non-hydrogen) atoms. The van der Waals surface area contributed by atoms with Gasteiger partial charge in [-0.25, -0.2) is 0 Å². The molecule has 0 bridgehead atoms. The molecule has 1 amide bonds. The lowest BCUT2D eigenvalue weighted by Crippen LogP contribution is -2.53. The fraction of sp³-hybridized carbons (Fsp3) is 0.483. The Balaban J connectivity index is 1.28. The molecular weight excluding hydrogens is 448 g/mol. The zero-order chi connectivity index (χ0) is 24.7. The van der Waals surface area contributed by atoms with Crippen LogP contribution in [0.15, 0.2) is 72.1 Å². The molecule has 2 heterocycles. The van der Waals surface area contributed by atoms with Crippen molar-refractivity contribution in [3.63, 3.8) is 0 Å². The van der Waals surface area contributed by atoms with Gasteiger partial charge in [0.1, 0.15) is 6.33 Å². The van der Waals surface area contributed by atoms with Crippen LogP contribution in [-0.4, -0.2) is 69.7 Å². The van der Waals surface area contributed by atoms with E-state index in [-0.39, 0.29) is 11.9 Å². The van der Waals surface area contributed by atoms with Gasteiger partial charge in [0, 0.05) is 44.8 Å². The summed E-state index contributed by atoms with van der Waals surface area (Å²) in [5.41, 5.74) is 3.27. The number of allylic oxidation sites excluding steroid dienone is 4. The van der Waals surface area contributed by atoms with Crippen LogP contribution in [-0.2, 0) is 11.3 Å². The highest BCUT2D eigenvalue weighted by atomic mass is 16.1. The first-order valence-corrected chi connectivity index (χ1v) is 13.4. The average molecular weight is 487 g/mol. The molecule has 1 saturated heterocycles. The third-order valence-electron chi connectivity index (χ3n) is 7.89. The molecule has 2 fully saturated rings. The number of nitrogens with one attached hydrogen (secondary N) is 1. The van der Waals surface area contributed by atoms with E-state index in [2.05, 4.69) is 72.4 Å². The third kappa shape index (κ3) is 5.85. The fourth-order valence-electron chi connectivity index (χ4n) is 5.52. The van der Waals surface area contributed by atoms with Gasteiger partial charge < -0.3 is 9.88 Å². The van der Waals surface area contributed by atoms with Crippen LogP contribution in [0.2, 0.25) is 0 Å². The Labute approximate surface area is 214 Å². The second-order valence-corrected chi connectivity index (χ2v) is 10.1. The summed E-state index contributed by atoms with van der Waals surface area (Å²) >= 11 is 0. The summed E-state index contributed by atoms with van der Waals surface area (Å²) in [5.74, 6) is 1.04. The molecule has 1 unspecified atom stereocenters. The van der Waals surface area contributed by atoms with Crippen molar-refractivity contribution in [3.05, 3.63) is 83.5 Å². The zero-order valence-corrected chi connectivity index (χ0v) is 21.4. The van der Waals surface area contributed by atoms with E-state index in [1.54, 1.807) is 7.05 Å². The van der Waals surface area contributed by atoms with E-state index in [4.69, 9.17) is 0 Å². The molecule has 190 valence electrons. The molecule has 1 aromatic heterocycles. The van der Waals surface area contributed by atoms with Crippen molar-refractivity contribution >= 4 is 5.91 Å². The summed E-state index contributed by atoms with van der Waals surface area (Å²) in [6.07, 6.45) is 17.1.